The van der Waals surface area contributed by atoms with E-state index in [2.05, 4.69) is 5.32 Å². The molecule has 1 aliphatic heterocycles. The fourth-order valence-corrected chi connectivity index (χ4v) is 2.52. The molecule has 0 radical (unpaired) electrons. The maximum atomic E-state index is 13.1. The standard InChI is InChI=1S/C16H14FNO/c17-13-6-7-14-12(8-13)10-18-15(14)9-16(19)11-4-2-1-3-5-11/h1-8,15,18H,9-10H2. The Bertz CT molecular complexity index is 609. The number of halogens is 1. The fourth-order valence-electron chi connectivity index (χ4n) is 2.52. The van der Waals surface area contributed by atoms with Crippen LogP contribution in [0.25, 0.3) is 0 Å². The average Bonchev–Trinajstić information content (AvgIpc) is 2.82. The molecule has 96 valence electrons. The highest BCUT2D eigenvalue weighted by Gasteiger charge is 2.24. The van der Waals surface area contributed by atoms with Crippen LogP contribution in [0.5, 0.6) is 0 Å². The van der Waals surface area contributed by atoms with Crippen LogP contribution in [0.2, 0.25) is 0 Å². The molecule has 0 fully saturated rings. The van der Waals surface area contributed by atoms with Crippen molar-refractivity contribution in [3.8, 4) is 0 Å². The van der Waals surface area contributed by atoms with Crippen molar-refractivity contribution >= 4 is 5.78 Å². The van der Waals surface area contributed by atoms with E-state index in [1.807, 2.05) is 30.3 Å². The molecule has 0 bridgehead atoms. The van der Waals surface area contributed by atoms with Gasteiger partial charge in [0.15, 0.2) is 5.78 Å². The van der Waals surface area contributed by atoms with E-state index >= 15 is 0 Å². The Morgan fingerprint density at radius 2 is 2.00 bits per heavy atom. The zero-order valence-corrected chi connectivity index (χ0v) is 10.4. The number of fused-ring (bicyclic) bond motifs is 1. The van der Waals surface area contributed by atoms with Gasteiger partial charge in [-0.25, -0.2) is 4.39 Å². The van der Waals surface area contributed by atoms with E-state index in [0.29, 0.717) is 13.0 Å². The molecule has 0 aromatic heterocycles. The Kier molecular flexibility index (Phi) is 3.13. The second-order valence-electron chi connectivity index (χ2n) is 4.77. The summed E-state index contributed by atoms with van der Waals surface area (Å²) in [6.45, 7) is 0.625. The molecular weight excluding hydrogens is 241 g/mol. The zero-order valence-electron chi connectivity index (χ0n) is 10.4. The first-order valence-corrected chi connectivity index (χ1v) is 6.34. The third kappa shape index (κ3) is 2.42. The molecule has 1 N–H and O–H groups in total. The molecule has 2 aromatic carbocycles. The van der Waals surface area contributed by atoms with E-state index in [4.69, 9.17) is 0 Å². The smallest absolute Gasteiger partial charge is 0.164 e. The molecule has 2 aromatic rings. The van der Waals surface area contributed by atoms with Gasteiger partial charge in [0.25, 0.3) is 0 Å². The summed E-state index contributed by atoms with van der Waals surface area (Å²) < 4.78 is 13.1. The number of carbonyl (C=O) groups excluding carboxylic acids is 1. The molecule has 0 spiro atoms. The summed E-state index contributed by atoms with van der Waals surface area (Å²) in [6.07, 6.45) is 0.405. The van der Waals surface area contributed by atoms with Crippen LogP contribution in [-0.2, 0) is 6.54 Å². The minimum atomic E-state index is -0.226. The highest BCUT2D eigenvalue weighted by Crippen LogP contribution is 2.29. The van der Waals surface area contributed by atoms with E-state index in [-0.39, 0.29) is 17.6 Å². The molecular formula is C16H14FNO. The molecule has 1 atom stereocenters. The van der Waals surface area contributed by atoms with Crippen LogP contribution in [0.3, 0.4) is 0 Å². The number of rotatable bonds is 3. The van der Waals surface area contributed by atoms with E-state index in [9.17, 15) is 9.18 Å². The van der Waals surface area contributed by atoms with Crippen LogP contribution in [-0.4, -0.2) is 5.78 Å². The third-order valence-electron chi connectivity index (χ3n) is 3.50. The van der Waals surface area contributed by atoms with Crippen LogP contribution < -0.4 is 5.32 Å². The van der Waals surface area contributed by atoms with Crippen LogP contribution in [0.1, 0.15) is 33.9 Å². The highest BCUT2D eigenvalue weighted by molar-refractivity contribution is 5.96. The second-order valence-corrected chi connectivity index (χ2v) is 4.77. The van der Waals surface area contributed by atoms with Gasteiger partial charge in [0, 0.05) is 24.6 Å². The van der Waals surface area contributed by atoms with Gasteiger partial charge in [-0.05, 0) is 23.3 Å². The van der Waals surface area contributed by atoms with Crippen molar-refractivity contribution in [1.82, 2.24) is 5.32 Å². The van der Waals surface area contributed by atoms with E-state index < -0.39 is 0 Å². The molecule has 0 aliphatic carbocycles. The first-order valence-electron chi connectivity index (χ1n) is 6.34. The van der Waals surface area contributed by atoms with Crippen molar-refractivity contribution in [2.24, 2.45) is 0 Å². The Morgan fingerprint density at radius 3 is 2.79 bits per heavy atom. The largest absolute Gasteiger partial charge is 0.305 e. The number of benzene rings is 2. The summed E-state index contributed by atoms with van der Waals surface area (Å²) in [6, 6.07) is 14.0. The van der Waals surface area contributed by atoms with Crippen molar-refractivity contribution in [2.45, 2.75) is 19.0 Å². The first kappa shape index (κ1) is 12.1. The minimum absolute atomic E-state index is 0.0108. The SMILES string of the molecule is O=C(CC1NCc2cc(F)ccc21)c1ccccc1. The number of nitrogens with one attached hydrogen (secondary N) is 1. The molecule has 3 rings (SSSR count). The molecule has 1 unspecified atom stereocenters. The monoisotopic (exact) mass is 255 g/mol. The lowest BCUT2D eigenvalue weighted by atomic mass is 9.98. The molecule has 1 heterocycles. The maximum absolute atomic E-state index is 13.1. The van der Waals surface area contributed by atoms with Crippen molar-refractivity contribution < 1.29 is 9.18 Å². The molecule has 1 aliphatic rings. The maximum Gasteiger partial charge on any atom is 0.164 e. The van der Waals surface area contributed by atoms with Crippen molar-refractivity contribution in [1.29, 1.82) is 0 Å². The number of Topliss-reactive ketones (excluding diaryl/α,β-unsaturated/α-hetero) is 1. The Labute approximate surface area is 111 Å². The van der Waals surface area contributed by atoms with E-state index in [1.54, 1.807) is 6.07 Å². The molecule has 3 heteroatoms. The van der Waals surface area contributed by atoms with Gasteiger partial charge in [0.1, 0.15) is 5.82 Å². The Hall–Kier alpha value is -2.00. The summed E-state index contributed by atoms with van der Waals surface area (Å²) in [5.41, 5.74) is 2.71. The van der Waals surface area contributed by atoms with Gasteiger partial charge in [-0.3, -0.25) is 4.79 Å². The lowest BCUT2D eigenvalue weighted by Gasteiger charge is -2.11. The molecule has 0 saturated heterocycles. The average molecular weight is 255 g/mol. The summed E-state index contributed by atoms with van der Waals surface area (Å²) in [5.74, 6) is -0.120. The van der Waals surface area contributed by atoms with Crippen molar-refractivity contribution in [3.63, 3.8) is 0 Å². The highest BCUT2D eigenvalue weighted by atomic mass is 19.1. The van der Waals surface area contributed by atoms with Gasteiger partial charge >= 0.3 is 0 Å². The number of ketones is 1. The number of hydrogen-bond acceptors (Lipinski definition) is 2. The van der Waals surface area contributed by atoms with Crippen molar-refractivity contribution in [2.75, 3.05) is 0 Å². The summed E-state index contributed by atoms with van der Waals surface area (Å²) in [5, 5.41) is 3.26. The van der Waals surface area contributed by atoms with Crippen LogP contribution in [0.15, 0.2) is 48.5 Å². The Morgan fingerprint density at radius 1 is 1.21 bits per heavy atom. The van der Waals surface area contributed by atoms with Gasteiger partial charge in [0.2, 0.25) is 0 Å². The van der Waals surface area contributed by atoms with Crippen LogP contribution >= 0.6 is 0 Å². The lowest BCUT2D eigenvalue weighted by molar-refractivity contribution is 0.0970. The summed E-state index contributed by atoms with van der Waals surface area (Å²) >= 11 is 0. The summed E-state index contributed by atoms with van der Waals surface area (Å²) in [4.78, 5) is 12.2. The van der Waals surface area contributed by atoms with E-state index in [0.717, 1.165) is 16.7 Å². The van der Waals surface area contributed by atoms with Gasteiger partial charge < -0.3 is 5.32 Å². The quantitative estimate of drug-likeness (QED) is 0.853. The second kappa shape index (κ2) is 4.94. The predicted octanol–water partition coefficient (Wildman–Crippen LogP) is 3.24. The molecule has 2 nitrogen and oxygen atoms in total. The first-order chi connectivity index (χ1) is 9.24. The zero-order chi connectivity index (χ0) is 13.2. The lowest BCUT2D eigenvalue weighted by Crippen LogP contribution is -2.16. The minimum Gasteiger partial charge on any atom is -0.305 e. The topological polar surface area (TPSA) is 29.1 Å². The van der Waals surface area contributed by atoms with Crippen LogP contribution in [0.4, 0.5) is 4.39 Å². The normalized spacial score (nSPS) is 17.2. The molecule has 19 heavy (non-hydrogen) atoms. The predicted molar refractivity (Wildman–Crippen MR) is 71.4 cm³/mol. The fraction of sp³-hybridized carbons (Fsp3) is 0.188. The number of carbonyl (C=O) groups is 1. The van der Waals surface area contributed by atoms with Gasteiger partial charge in [-0.2, -0.15) is 0 Å². The summed E-state index contributed by atoms with van der Waals surface area (Å²) in [7, 11) is 0. The third-order valence-corrected chi connectivity index (χ3v) is 3.50. The van der Waals surface area contributed by atoms with Crippen molar-refractivity contribution in [3.05, 3.63) is 71.0 Å². The van der Waals surface area contributed by atoms with E-state index in [1.165, 1.54) is 12.1 Å². The van der Waals surface area contributed by atoms with Crippen LogP contribution in [0, 0.1) is 5.82 Å². The molecule has 0 saturated carbocycles. The van der Waals surface area contributed by atoms with Gasteiger partial charge in [0.05, 0.1) is 0 Å². The van der Waals surface area contributed by atoms with Gasteiger partial charge in [-0.1, -0.05) is 36.4 Å². The Balaban J connectivity index is 1.78. The molecule has 0 amide bonds. The number of hydrogen-bond donors (Lipinski definition) is 1. The van der Waals surface area contributed by atoms with Gasteiger partial charge in [-0.15, -0.1) is 0 Å².